The minimum atomic E-state index is -4.49. The molecule has 0 fully saturated rings. The van der Waals surface area contributed by atoms with Crippen LogP contribution in [-0.2, 0) is 11.0 Å². The Bertz CT molecular complexity index is 514. The van der Waals surface area contributed by atoms with Crippen molar-refractivity contribution in [2.24, 2.45) is 5.92 Å². The van der Waals surface area contributed by atoms with Crippen LogP contribution < -0.4 is 5.32 Å². The second-order valence-corrected chi connectivity index (χ2v) is 4.83. The Labute approximate surface area is 120 Å². The van der Waals surface area contributed by atoms with Gasteiger partial charge in [0, 0.05) is 18.5 Å². The molecule has 4 nitrogen and oxygen atoms in total. The van der Waals surface area contributed by atoms with Crippen molar-refractivity contribution in [2.75, 3.05) is 6.54 Å². The van der Waals surface area contributed by atoms with Gasteiger partial charge >= 0.3 is 12.1 Å². The van der Waals surface area contributed by atoms with E-state index in [1.807, 2.05) is 0 Å². The van der Waals surface area contributed by atoms with E-state index in [0.29, 0.717) is 6.42 Å². The van der Waals surface area contributed by atoms with Gasteiger partial charge in [-0.1, -0.05) is 13.0 Å². The number of benzene rings is 1. The highest BCUT2D eigenvalue weighted by Gasteiger charge is 2.30. The molecular formula is C14H16F3NO3. The monoisotopic (exact) mass is 303 g/mol. The Morgan fingerprint density at radius 3 is 2.57 bits per heavy atom. The molecule has 0 radical (unpaired) electrons. The van der Waals surface area contributed by atoms with Crippen LogP contribution in [0.4, 0.5) is 13.2 Å². The number of carboxylic acid groups (broad SMARTS) is 1. The predicted molar refractivity (Wildman–Crippen MR) is 69.8 cm³/mol. The Hall–Kier alpha value is -2.05. The molecule has 116 valence electrons. The second-order valence-electron chi connectivity index (χ2n) is 4.83. The molecule has 1 amide bonds. The van der Waals surface area contributed by atoms with E-state index >= 15 is 0 Å². The molecule has 2 N–H and O–H groups in total. The number of carbonyl (C=O) groups excluding carboxylic acids is 1. The minimum Gasteiger partial charge on any atom is -0.481 e. The van der Waals surface area contributed by atoms with Crippen molar-refractivity contribution >= 4 is 11.9 Å². The number of carbonyl (C=O) groups is 2. The average molecular weight is 303 g/mol. The molecule has 0 spiro atoms. The van der Waals surface area contributed by atoms with Gasteiger partial charge in [0.1, 0.15) is 0 Å². The van der Waals surface area contributed by atoms with Crippen LogP contribution in [0.15, 0.2) is 24.3 Å². The molecule has 0 saturated heterocycles. The zero-order valence-corrected chi connectivity index (χ0v) is 11.4. The molecule has 1 aromatic rings. The van der Waals surface area contributed by atoms with E-state index in [-0.39, 0.29) is 24.4 Å². The van der Waals surface area contributed by atoms with Gasteiger partial charge in [-0.2, -0.15) is 13.2 Å². The van der Waals surface area contributed by atoms with Crippen LogP contribution in [-0.4, -0.2) is 23.5 Å². The Balaban J connectivity index is 2.58. The predicted octanol–water partition coefficient (Wildman–Crippen LogP) is 2.94. The first-order valence-electron chi connectivity index (χ1n) is 6.37. The van der Waals surface area contributed by atoms with Gasteiger partial charge < -0.3 is 10.4 Å². The number of hydrogen-bond donors (Lipinski definition) is 2. The molecule has 21 heavy (non-hydrogen) atoms. The molecule has 1 unspecified atom stereocenters. The number of aliphatic carboxylic acids is 1. The SMILES string of the molecule is CC(CCC(=O)O)CNC(=O)c1cccc(C(F)(F)F)c1. The third kappa shape index (κ3) is 5.85. The lowest BCUT2D eigenvalue weighted by Crippen LogP contribution is -2.28. The summed E-state index contributed by atoms with van der Waals surface area (Å²) < 4.78 is 37.6. The van der Waals surface area contributed by atoms with Crippen molar-refractivity contribution in [3.8, 4) is 0 Å². The first-order chi connectivity index (χ1) is 9.70. The van der Waals surface area contributed by atoms with Crippen LogP contribution in [0.3, 0.4) is 0 Å². The molecule has 0 aliphatic rings. The zero-order chi connectivity index (χ0) is 16.0. The summed E-state index contributed by atoms with van der Waals surface area (Å²) in [4.78, 5) is 22.2. The molecule has 1 atom stereocenters. The largest absolute Gasteiger partial charge is 0.481 e. The summed E-state index contributed by atoms with van der Waals surface area (Å²) >= 11 is 0. The van der Waals surface area contributed by atoms with Gasteiger partial charge in [0.2, 0.25) is 0 Å². The topological polar surface area (TPSA) is 66.4 Å². The summed E-state index contributed by atoms with van der Waals surface area (Å²) in [6.07, 6.45) is -4.12. The number of amides is 1. The van der Waals surface area contributed by atoms with E-state index in [0.717, 1.165) is 12.1 Å². The van der Waals surface area contributed by atoms with Crippen molar-refractivity contribution in [2.45, 2.75) is 25.9 Å². The molecular weight excluding hydrogens is 287 g/mol. The maximum atomic E-state index is 12.5. The number of hydrogen-bond acceptors (Lipinski definition) is 2. The van der Waals surface area contributed by atoms with Crippen molar-refractivity contribution < 1.29 is 27.9 Å². The zero-order valence-electron chi connectivity index (χ0n) is 11.4. The fourth-order valence-electron chi connectivity index (χ4n) is 1.68. The second kappa shape index (κ2) is 7.10. The fraction of sp³-hybridized carbons (Fsp3) is 0.429. The highest BCUT2D eigenvalue weighted by Crippen LogP contribution is 2.29. The van der Waals surface area contributed by atoms with Gasteiger partial charge in [0.15, 0.2) is 0 Å². The van der Waals surface area contributed by atoms with Crippen molar-refractivity contribution in [1.29, 1.82) is 0 Å². The molecule has 0 saturated carbocycles. The lowest BCUT2D eigenvalue weighted by molar-refractivity contribution is -0.138. The first kappa shape index (κ1) is 17.0. The van der Waals surface area contributed by atoms with Crippen LogP contribution in [0, 0.1) is 5.92 Å². The third-order valence-electron chi connectivity index (χ3n) is 2.91. The van der Waals surface area contributed by atoms with Gasteiger partial charge in [-0.25, -0.2) is 0 Å². The molecule has 1 aromatic carbocycles. The normalized spacial score (nSPS) is 12.8. The smallest absolute Gasteiger partial charge is 0.416 e. The molecule has 1 rings (SSSR count). The van der Waals surface area contributed by atoms with Gasteiger partial charge in [0.25, 0.3) is 5.91 Å². The standard InChI is InChI=1S/C14H16F3NO3/c1-9(5-6-12(19)20)8-18-13(21)10-3-2-4-11(7-10)14(15,16)17/h2-4,7,9H,5-6,8H2,1H3,(H,18,21)(H,19,20). The lowest BCUT2D eigenvalue weighted by Gasteiger charge is -2.12. The number of alkyl halides is 3. The third-order valence-corrected chi connectivity index (χ3v) is 2.91. The van der Waals surface area contributed by atoms with E-state index in [4.69, 9.17) is 5.11 Å². The minimum absolute atomic E-state index is 0.0133. The van der Waals surface area contributed by atoms with Crippen LogP contribution in [0.1, 0.15) is 35.7 Å². The van der Waals surface area contributed by atoms with Crippen LogP contribution in [0.25, 0.3) is 0 Å². The van der Waals surface area contributed by atoms with Gasteiger partial charge in [-0.05, 0) is 30.5 Å². The number of rotatable bonds is 6. The summed E-state index contributed by atoms with van der Waals surface area (Å²) in [6.45, 7) is 1.97. The quantitative estimate of drug-likeness (QED) is 0.849. The van der Waals surface area contributed by atoms with Crippen molar-refractivity contribution in [3.63, 3.8) is 0 Å². The Morgan fingerprint density at radius 1 is 1.33 bits per heavy atom. The summed E-state index contributed by atoms with van der Waals surface area (Å²) in [5, 5.41) is 11.0. The molecule has 0 aliphatic heterocycles. The highest BCUT2D eigenvalue weighted by atomic mass is 19.4. The van der Waals surface area contributed by atoms with Gasteiger partial charge in [0.05, 0.1) is 5.56 Å². The Kier molecular flexibility index (Phi) is 5.75. The van der Waals surface area contributed by atoms with E-state index in [1.54, 1.807) is 6.92 Å². The average Bonchev–Trinajstić information content (AvgIpc) is 2.41. The van der Waals surface area contributed by atoms with E-state index in [1.165, 1.54) is 12.1 Å². The summed E-state index contributed by atoms with van der Waals surface area (Å²) in [6, 6.07) is 4.15. The molecule has 0 aromatic heterocycles. The lowest BCUT2D eigenvalue weighted by atomic mass is 10.1. The van der Waals surface area contributed by atoms with Crippen molar-refractivity contribution in [3.05, 3.63) is 35.4 Å². The maximum absolute atomic E-state index is 12.5. The first-order valence-corrected chi connectivity index (χ1v) is 6.37. The fourth-order valence-corrected chi connectivity index (χ4v) is 1.68. The van der Waals surface area contributed by atoms with E-state index in [9.17, 15) is 22.8 Å². The molecule has 7 heteroatoms. The molecule has 0 bridgehead atoms. The molecule has 0 aliphatic carbocycles. The van der Waals surface area contributed by atoms with Gasteiger partial charge in [-0.3, -0.25) is 9.59 Å². The maximum Gasteiger partial charge on any atom is 0.416 e. The van der Waals surface area contributed by atoms with Crippen LogP contribution in [0.2, 0.25) is 0 Å². The number of carboxylic acids is 1. The van der Waals surface area contributed by atoms with E-state index in [2.05, 4.69) is 5.32 Å². The number of nitrogens with one attached hydrogen (secondary N) is 1. The summed E-state index contributed by atoms with van der Waals surface area (Å²) in [5.41, 5.74) is -0.954. The summed E-state index contributed by atoms with van der Waals surface area (Å²) in [7, 11) is 0. The van der Waals surface area contributed by atoms with Crippen LogP contribution >= 0.6 is 0 Å². The van der Waals surface area contributed by atoms with E-state index < -0.39 is 23.6 Å². The van der Waals surface area contributed by atoms with Crippen molar-refractivity contribution in [1.82, 2.24) is 5.32 Å². The van der Waals surface area contributed by atoms with Gasteiger partial charge in [-0.15, -0.1) is 0 Å². The summed E-state index contributed by atoms with van der Waals surface area (Å²) in [5.74, 6) is -1.61. The highest BCUT2D eigenvalue weighted by molar-refractivity contribution is 5.94. The van der Waals surface area contributed by atoms with Crippen LogP contribution in [0.5, 0.6) is 0 Å². The molecule has 0 heterocycles. The Morgan fingerprint density at radius 2 is 2.00 bits per heavy atom. The number of halogens is 3.